The molecule has 0 radical (unpaired) electrons. The van der Waals surface area contributed by atoms with Crippen molar-refractivity contribution >= 4 is 16.7 Å². The van der Waals surface area contributed by atoms with Gasteiger partial charge in [0.15, 0.2) is 0 Å². The summed E-state index contributed by atoms with van der Waals surface area (Å²) in [5, 5.41) is 4.29. The lowest BCUT2D eigenvalue weighted by molar-refractivity contribution is 0.183. The van der Waals surface area contributed by atoms with E-state index in [1.54, 1.807) is 0 Å². The molecule has 1 N–H and O–H groups in total. The van der Waals surface area contributed by atoms with E-state index in [0.29, 0.717) is 12.0 Å². The minimum atomic E-state index is 0.421. The second-order valence-electron chi connectivity index (χ2n) is 3.70. The molecule has 78 valence electrons. The first-order chi connectivity index (χ1) is 6.75. The van der Waals surface area contributed by atoms with Gasteiger partial charge in [-0.2, -0.15) is 4.37 Å². The van der Waals surface area contributed by atoms with Gasteiger partial charge in [0.2, 0.25) is 5.13 Å². The number of hydrogen-bond donors (Lipinski definition) is 1. The highest BCUT2D eigenvalue weighted by molar-refractivity contribution is 7.09. The molecule has 0 saturated carbocycles. The van der Waals surface area contributed by atoms with Crippen LogP contribution in [-0.2, 0) is 4.74 Å². The van der Waals surface area contributed by atoms with Crippen molar-refractivity contribution in [2.45, 2.75) is 26.3 Å². The molecular weight excluding hydrogens is 198 g/mol. The second kappa shape index (κ2) is 4.23. The predicted molar refractivity (Wildman–Crippen MR) is 56.7 cm³/mol. The third-order valence-electron chi connectivity index (χ3n) is 2.55. The van der Waals surface area contributed by atoms with Gasteiger partial charge >= 0.3 is 0 Å². The maximum atomic E-state index is 5.35. The fourth-order valence-electron chi connectivity index (χ4n) is 1.62. The first-order valence-electron chi connectivity index (χ1n) is 4.90. The molecule has 1 aliphatic heterocycles. The smallest absolute Gasteiger partial charge is 0.202 e. The Morgan fingerprint density at radius 3 is 3.07 bits per heavy atom. The molecule has 0 amide bonds. The first-order valence-corrected chi connectivity index (χ1v) is 5.67. The highest BCUT2D eigenvalue weighted by atomic mass is 32.1. The van der Waals surface area contributed by atoms with E-state index in [4.69, 9.17) is 4.74 Å². The zero-order valence-corrected chi connectivity index (χ0v) is 9.30. The molecule has 2 atom stereocenters. The average Bonchev–Trinajstić information content (AvgIpc) is 2.75. The highest BCUT2D eigenvalue weighted by Gasteiger charge is 2.22. The van der Waals surface area contributed by atoms with E-state index in [1.165, 1.54) is 11.5 Å². The summed E-state index contributed by atoms with van der Waals surface area (Å²) in [6.07, 6.45) is 1.14. The molecule has 5 heteroatoms. The largest absolute Gasteiger partial charge is 0.381 e. The molecule has 1 aromatic heterocycles. The fraction of sp³-hybridized carbons (Fsp3) is 0.778. The summed E-state index contributed by atoms with van der Waals surface area (Å²) in [6, 6.07) is 0.421. The lowest BCUT2D eigenvalue weighted by Gasteiger charge is -2.17. The van der Waals surface area contributed by atoms with Gasteiger partial charge in [0.05, 0.1) is 6.61 Å². The number of anilines is 1. The van der Waals surface area contributed by atoms with Crippen molar-refractivity contribution in [1.29, 1.82) is 0 Å². The average molecular weight is 213 g/mol. The first kappa shape index (κ1) is 9.86. The van der Waals surface area contributed by atoms with Crippen molar-refractivity contribution < 1.29 is 4.74 Å². The van der Waals surface area contributed by atoms with Crippen molar-refractivity contribution in [3.63, 3.8) is 0 Å². The molecule has 2 unspecified atom stereocenters. The minimum Gasteiger partial charge on any atom is -0.381 e. The van der Waals surface area contributed by atoms with Crippen LogP contribution in [0.2, 0.25) is 0 Å². The number of rotatable bonds is 3. The van der Waals surface area contributed by atoms with Crippen molar-refractivity contribution in [2.75, 3.05) is 18.5 Å². The lowest BCUT2D eigenvalue weighted by Crippen LogP contribution is -2.25. The van der Waals surface area contributed by atoms with E-state index < -0.39 is 0 Å². The number of ether oxygens (including phenoxy) is 1. The van der Waals surface area contributed by atoms with Crippen LogP contribution in [0.4, 0.5) is 5.13 Å². The van der Waals surface area contributed by atoms with Crippen molar-refractivity contribution in [3.8, 4) is 0 Å². The van der Waals surface area contributed by atoms with Crippen LogP contribution in [0.15, 0.2) is 0 Å². The van der Waals surface area contributed by atoms with Crippen LogP contribution in [-0.4, -0.2) is 28.6 Å². The molecule has 1 fully saturated rings. The van der Waals surface area contributed by atoms with Gasteiger partial charge in [-0.05, 0) is 20.3 Å². The van der Waals surface area contributed by atoms with E-state index in [2.05, 4.69) is 21.6 Å². The van der Waals surface area contributed by atoms with Crippen LogP contribution in [0.3, 0.4) is 0 Å². The van der Waals surface area contributed by atoms with Crippen LogP contribution in [0, 0.1) is 12.8 Å². The molecule has 2 rings (SSSR count). The van der Waals surface area contributed by atoms with Gasteiger partial charge in [0, 0.05) is 30.1 Å². The summed E-state index contributed by atoms with van der Waals surface area (Å²) in [5.74, 6) is 1.45. The molecular formula is C9H15N3OS. The van der Waals surface area contributed by atoms with Crippen LogP contribution in [0.5, 0.6) is 0 Å². The van der Waals surface area contributed by atoms with Gasteiger partial charge in [-0.25, -0.2) is 4.98 Å². The third kappa shape index (κ3) is 2.22. The summed E-state index contributed by atoms with van der Waals surface area (Å²) >= 11 is 1.42. The highest BCUT2D eigenvalue weighted by Crippen LogP contribution is 2.20. The zero-order chi connectivity index (χ0) is 9.97. The molecule has 1 saturated heterocycles. The maximum Gasteiger partial charge on any atom is 0.202 e. The van der Waals surface area contributed by atoms with E-state index in [9.17, 15) is 0 Å². The van der Waals surface area contributed by atoms with Crippen molar-refractivity contribution in [3.05, 3.63) is 5.82 Å². The van der Waals surface area contributed by atoms with E-state index >= 15 is 0 Å². The van der Waals surface area contributed by atoms with Crippen LogP contribution < -0.4 is 5.32 Å². The number of nitrogens with zero attached hydrogens (tertiary/aromatic N) is 2. The second-order valence-corrected chi connectivity index (χ2v) is 4.46. The fourth-order valence-corrected chi connectivity index (χ4v) is 2.29. The maximum absolute atomic E-state index is 5.35. The molecule has 0 spiro atoms. The Morgan fingerprint density at radius 2 is 2.50 bits per heavy atom. The molecule has 1 aliphatic rings. The molecule has 4 nitrogen and oxygen atoms in total. The number of aryl methyl sites for hydroxylation is 1. The van der Waals surface area contributed by atoms with Crippen LogP contribution in [0.1, 0.15) is 19.2 Å². The topological polar surface area (TPSA) is 47.0 Å². The predicted octanol–water partition coefficient (Wildman–Crippen LogP) is 1.68. The Balaban J connectivity index is 1.90. The molecule has 2 heterocycles. The summed E-state index contributed by atoms with van der Waals surface area (Å²) in [5.41, 5.74) is 0. The number of aromatic nitrogens is 2. The summed E-state index contributed by atoms with van der Waals surface area (Å²) in [4.78, 5) is 4.28. The minimum absolute atomic E-state index is 0.421. The Hall–Kier alpha value is -0.680. The summed E-state index contributed by atoms with van der Waals surface area (Å²) < 4.78 is 9.48. The quantitative estimate of drug-likeness (QED) is 0.830. The monoisotopic (exact) mass is 213 g/mol. The molecule has 0 aliphatic carbocycles. The van der Waals surface area contributed by atoms with Gasteiger partial charge in [0.25, 0.3) is 0 Å². The van der Waals surface area contributed by atoms with Crippen molar-refractivity contribution in [2.24, 2.45) is 5.92 Å². The zero-order valence-electron chi connectivity index (χ0n) is 8.49. The van der Waals surface area contributed by atoms with Crippen molar-refractivity contribution in [1.82, 2.24) is 9.36 Å². The Bertz CT molecular complexity index is 296. The van der Waals surface area contributed by atoms with Crippen LogP contribution >= 0.6 is 11.5 Å². The van der Waals surface area contributed by atoms with Gasteiger partial charge in [-0.1, -0.05) is 0 Å². The molecule has 0 bridgehead atoms. The third-order valence-corrected chi connectivity index (χ3v) is 3.29. The summed E-state index contributed by atoms with van der Waals surface area (Å²) in [7, 11) is 0. The van der Waals surface area contributed by atoms with Gasteiger partial charge < -0.3 is 10.1 Å². The number of hydrogen-bond acceptors (Lipinski definition) is 5. The molecule has 0 aromatic carbocycles. The standard InChI is InChI=1S/C9H15N3OS/c1-6(8-3-4-13-5-8)10-9-11-7(2)12-14-9/h6,8H,3-5H2,1-2H3,(H,10,11,12). The van der Waals surface area contributed by atoms with Gasteiger partial charge in [-0.3, -0.25) is 0 Å². The van der Waals surface area contributed by atoms with E-state index in [-0.39, 0.29) is 0 Å². The van der Waals surface area contributed by atoms with Gasteiger partial charge in [-0.15, -0.1) is 0 Å². The van der Waals surface area contributed by atoms with E-state index in [1.807, 2.05) is 6.92 Å². The summed E-state index contributed by atoms with van der Waals surface area (Å²) in [6.45, 7) is 5.85. The number of nitrogens with one attached hydrogen (secondary N) is 1. The van der Waals surface area contributed by atoms with E-state index in [0.717, 1.165) is 30.6 Å². The Labute approximate surface area is 87.9 Å². The lowest BCUT2D eigenvalue weighted by atomic mass is 10.0. The van der Waals surface area contributed by atoms with Crippen LogP contribution in [0.25, 0.3) is 0 Å². The molecule has 1 aromatic rings. The molecule has 14 heavy (non-hydrogen) atoms. The Morgan fingerprint density at radius 1 is 1.64 bits per heavy atom. The SMILES string of the molecule is Cc1nsc(NC(C)C2CCOC2)n1. The Kier molecular flexibility index (Phi) is 2.98. The normalized spacial score (nSPS) is 23.7. The van der Waals surface area contributed by atoms with Gasteiger partial charge in [0.1, 0.15) is 5.82 Å².